The largest absolute Gasteiger partial charge is 0.461 e. The number of carbonyl (C=O) groups excluding carboxylic acids is 1. The molecule has 2 nitrogen and oxygen atoms in total. The van der Waals surface area contributed by atoms with Crippen molar-refractivity contribution < 1.29 is 9.53 Å². The molecule has 0 aromatic heterocycles. The maximum atomic E-state index is 12.8. The molecule has 39 heavy (non-hydrogen) atoms. The maximum Gasteiger partial charge on any atom is 0.324 e. The van der Waals surface area contributed by atoms with Crippen LogP contribution in [0.15, 0.2) is 11.6 Å². The maximum absolute atomic E-state index is 12.8. The van der Waals surface area contributed by atoms with Crippen LogP contribution >= 0.6 is 11.6 Å². The molecule has 0 N–H and O–H groups in total. The van der Waals surface area contributed by atoms with E-state index in [1.807, 2.05) is 0 Å². The van der Waals surface area contributed by atoms with E-state index >= 15 is 0 Å². The van der Waals surface area contributed by atoms with E-state index in [-0.39, 0.29) is 12.1 Å². The first kappa shape index (κ1) is 31.4. The van der Waals surface area contributed by atoms with Crippen LogP contribution in [0.5, 0.6) is 0 Å². The first-order valence-corrected chi connectivity index (χ1v) is 17.6. The predicted molar refractivity (Wildman–Crippen MR) is 166 cm³/mol. The lowest BCUT2D eigenvalue weighted by atomic mass is 9.47. The molecule has 3 heteroatoms. The number of esters is 1. The SMILES string of the molecule is CCCCCCC[C@H](Cl)C(=O)O[C@H]1CC[C@@]2(C)C(=CC[C@H]3[C@@H]4CC[C@H]([C@@H](C)CCCC(C)C)[C@@]4(C)CC[C@@H]32)C1. The molecule has 9 atom stereocenters. The Kier molecular flexibility index (Phi) is 11.0. The number of hydrogen-bond acceptors (Lipinski definition) is 2. The number of carbonyl (C=O) groups is 1. The standard InChI is InChI=1S/C36H61ClO2/c1-7-8-9-10-11-15-33(37)34(38)39-28-20-22-35(5)27(24-28)16-17-29-31-19-18-30(26(4)14-12-13-25(2)3)36(31,6)23-21-32(29)35/h16,25-26,28-33H,7-15,17-24H2,1-6H3/t26-,28-,29-,30+,31-,32-,33-,35-,36+/m0/s1. The van der Waals surface area contributed by atoms with E-state index in [1.54, 1.807) is 5.57 Å². The number of hydrogen-bond donors (Lipinski definition) is 0. The number of allylic oxidation sites excluding steroid dienone is 1. The van der Waals surface area contributed by atoms with Crippen molar-refractivity contribution >= 4 is 17.6 Å². The highest BCUT2D eigenvalue weighted by Gasteiger charge is 2.59. The Morgan fingerprint density at radius 2 is 1.72 bits per heavy atom. The molecule has 0 saturated heterocycles. The summed E-state index contributed by atoms with van der Waals surface area (Å²) in [4.78, 5) is 12.8. The van der Waals surface area contributed by atoms with Gasteiger partial charge >= 0.3 is 5.97 Å². The quantitative estimate of drug-likeness (QED) is 0.0968. The van der Waals surface area contributed by atoms with Crippen LogP contribution in [0.1, 0.15) is 151 Å². The molecule has 4 aliphatic carbocycles. The smallest absolute Gasteiger partial charge is 0.324 e. The first-order valence-electron chi connectivity index (χ1n) is 17.1. The van der Waals surface area contributed by atoms with Crippen LogP contribution in [0.3, 0.4) is 0 Å². The fourth-order valence-corrected chi connectivity index (χ4v) is 10.2. The highest BCUT2D eigenvalue weighted by molar-refractivity contribution is 6.29. The molecule has 4 rings (SSSR count). The second kappa shape index (κ2) is 13.6. The van der Waals surface area contributed by atoms with E-state index in [0.29, 0.717) is 10.8 Å². The Hall–Kier alpha value is -0.500. The van der Waals surface area contributed by atoms with Crippen LogP contribution < -0.4 is 0 Å². The third-order valence-corrected chi connectivity index (χ3v) is 12.8. The van der Waals surface area contributed by atoms with Crippen molar-refractivity contribution in [3.8, 4) is 0 Å². The summed E-state index contributed by atoms with van der Waals surface area (Å²) in [5, 5.41) is -0.483. The minimum Gasteiger partial charge on any atom is -0.461 e. The Morgan fingerprint density at radius 3 is 2.46 bits per heavy atom. The zero-order valence-corrected chi connectivity index (χ0v) is 27.2. The Balaban J connectivity index is 1.33. The highest BCUT2D eigenvalue weighted by Crippen LogP contribution is 2.67. The summed E-state index contributed by atoms with van der Waals surface area (Å²) in [6.45, 7) is 14.8. The van der Waals surface area contributed by atoms with Crippen molar-refractivity contribution in [1.82, 2.24) is 0 Å². The van der Waals surface area contributed by atoms with Gasteiger partial charge in [-0.15, -0.1) is 11.6 Å². The first-order chi connectivity index (χ1) is 18.6. The lowest BCUT2D eigenvalue weighted by Gasteiger charge is -2.58. The summed E-state index contributed by atoms with van der Waals surface area (Å²) in [6.07, 6.45) is 23.6. The summed E-state index contributed by atoms with van der Waals surface area (Å²) in [5.74, 6) is 5.00. The van der Waals surface area contributed by atoms with Crippen LogP contribution in [0.2, 0.25) is 0 Å². The number of alkyl halides is 1. The summed E-state index contributed by atoms with van der Waals surface area (Å²) in [5.41, 5.74) is 2.44. The molecule has 0 aromatic rings. The Labute approximate surface area is 246 Å². The van der Waals surface area contributed by atoms with E-state index in [2.05, 4.69) is 47.6 Å². The van der Waals surface area contributed by atoms with Gasteiger partial charge < -0.3 is 4.74 Å². The second-order valence-electron chi connectivity index (χ2n) is 15.3. The molecule has 3 saturated carbocycles. The molecule has 0 unspecified atom stereocenters. The number of rotatable bonds is 13. The van der Waals surface area contributed by atoms with Crippen LogP contribution in [0, 0.1) is 46.3 Å². The summed E-state index contributed by atoms with van der Waals surface area (Å²) in [6, 6.07) is 0. The third-order valence-electron chi connectivity index (χ3n) is 12.4. The molecular formula is C36H61ClO2. The molecule has 0 heterocycles. The molecule has 0 amide bonds. The molecule has 3 fully saturated rings. The Bertz CT molecular complexity index is 834. The van der Waals surface area contributed by atoms with Crippen molar-refractivity contribution in [2.75, 3.05) is 0 Å². The number of unbranched alkanes of at least 4 members (excludes halogenated alkanes) is 4. The number of ether oxygens (including phenoxy) is 1. The zero-order valence-electron chi connectivity index (χ0n) is 26.4. The normalized spacial score (nSPS) is 37.4. The molecular weight excluding hydrogens is 500 g/mol. The Morgan fingerprint density at radius 1 is 0.949 bits per heavy atom. The zero-order chi connectivity index (χ0) is 28.2. The summed E-state index contributed by atoms with van der Waals surface area (Å²) < 4.78 is 6.02. The van der Waals surface area contributed by atoms with Crippen LogP contribution in [0.25, 0.3) is 0 Å². The number of fused-ring (bicyclic) bond motifs is 5. The summed E-state index contributed by atoms with van der Waals surface area (Å²) in [7, 11) is 0. The molecule has 0 aliphatic heterocycles. The van der Waals surface area contributed by atoms with Gasteiger partial charge in [-0.2, -0.15) is 0 Å². The van der Waals surface area contributed by atoms with Crippen LogP contribution in [-0.2, 0) is 9.53 Å². The van der Waals surface area contributed by atoms with E-state index in [9.17, 15) is 4.79 Å². The van der Waals surface area contributed by atoms with Gasteiger partial charge in [-0.3, -0.25) is 4.79 Å². The van der Waals surface area contributed by atoms with Crippen molar-refractivity contribution in [2.45, 2.75) is 162 Å². The van der Waals surface area contributed by atoms with Crippen molar-refractivity contribution in [3.63, 3.8) is 0 Å². The minimum atomic E-state index is -0.483. The van der Waals surface area contributed by atoms with Gasteiger partial charge in [0.15, 0.2) is 0 Å². The molecule has 0 spiro atoms. The second-order valence-corrected chi connectivity index (χ2v) is 15.8. The van der Waals surface area contributed by atoms with Gasteiger partial charge in [-0.05, 0) is 97.7 Å². The fraction of sp³-hybridized carbons (Fsp3) is 0.917. The van der Waals surface area contributed by atoms with Gasteiger partial charge in [0.25, 0.3) is 0 Å². The van der Waals surface area contributed by atoms with Gasteiger partial charge in [0.1, 0.15) is 11.5 Å². The predicted octanol–water partition coefficient (Wildman–Crippen LogP) is 10.9. The van der Waals surface area contributed by atoms with Gasteiger partial charge in [-0.25, -0.2) is 0 Å². The molecule has 0 bridgehead atoms. The number of halogens is 1. The lowest BCUT2D eigenvalue weighted by molar-refractivity contribution is -0.151. The molecule has 0 aromatic carbocycles. The molecule has 0 radical (unpaired) electrons. The van der Waals surface area contributed by atoms with Crippen molar-refractivity contribution in [2.24, 2.45) is 46.3 Å². The van der Waals surface area contributed by atoms with Gasteiger partial charge in [0.05, 0.1) is 0 Å². The monoisotopic (exact) mass is 560 g/mol. The lowest BCUT2D eigenvalue weighted by Crippen LogP contribution is -2.51. The van der Waals surface area contributed by atoms with Crippen molar-refractivity contribution in [3.05, 3.63) is 11.6 Å². The highest BCUT2D eigenvalue weighted by atomic mass is 35.5. The summed E-state index contributed by atoms with van der Waals surface area (Å²) >= 11 is 6.47. The van der Waals surface area contributed by atoms with Gasteiger partial charge in [0.2, 0.25) is 0 Å². The molecule has 224 valence electrons. The van der Waals surface area contributed by atoms with Gasteiger partial charge in [0, 0.05) is 6.42 Å². The fourth-order valence-electron chi connectivity index (χ4n) is 10.0. The van der Waals surface area contributed by atoms with Crippen LogP contribution in [0.4, 0.5) is 0 Å². The van der Waals surface area contributed by atoms with E-state index in [1.165, 1.54) is 83.5 Å². The van der Waals surface area contributed by atoms with Crippen LogP contribution in [-0.4, -0.2) is 17.5 Å². The van der Waals surface area contributed by atoms with Gasteiger partial charge in [-0.1, -0.05) is 105 Å². The topological polar surface area (TPSA) is 26.3 Å². The minimum absolute atomic E-state index is 0.0196. The van der Waals surface area contributed by atoms with E-state index < -0.39 is 5.38 Å². The molecule has 4 aliphatic rings. The average Bonchev–Trinajstić information content (AvgIpc) is 3.25. The van der Waals surface area contributed by atoms with Crippen molar-refractivity contribution in [1.29, 1.82) is 0 Å². The third kappa shape index (κ3) is 6.94. The van der Waals surface area contributed by atoms with E-state index in [0.717, 1.165) is 61.2 Å². The average molecular weight is 561 g/mol. The van der Waals surface area contributed by atoms with E-state index in [4.69, 9.17) is 16.3 Å².